The minimum Gasteiger partial charge on any atom is -0.203 e. The second kappa shape index (κ2) is 3.60. The van der Waals surface area contributed by atoms with Gasteiger partial charge in [0.15, 0.2) is 0 Å². The minimum atomic E-state index is -5.16. The quantitative estimate of drug-likeness (QED) is 0.721. The number of fused-ring (bicyclic) bond motifs is 2. The summed E-state index contributed by atoms with van der Waals surface area (Å²) in [5.74, 6) is 0.317. The Morgan fingerprint density at radius 2 is 1.56 bits per heavy atom. The van der Waals surface area contributed by atoms with Crippen molar-refractivity contribution < 1.29 is 21.6 Å². The molecule has 2 atom stereocenters. The van der Waals surface area contributed by atoms with Gasteiger partial charge in [0.1, 0.15) is 0 Å². The third-order valence-electron chi connectivity index (χ3n) is 3.47. The second-order valence-electron chi connectivity index (χ2n) is 4.74. The zero-order valence-corrected chi connectivity index (χ0v) is 9.68. The van der Waals surface area contributed by atoms with Crippen molar-refractivity contribution in [1.29, 1.82) is 0 Å². The fourth-order valence-electron chi connectivity index (χ4n) is 2.92. The average Bonchev–Trinajstić information content (AvgIpc) is 2.37. The molecule has 16 heavy (non-hydrogen) atoms. The molecule has 2 fully saturated rings. The molecule has 3 nitrogen and oxygen atoms in total. The van der Waals surface area contributed by atoms with Gasteiger partial charge >= 0.3 is 15.5 Å². The molecule has 2 saturated heterocycles. The molecule has 0 amide bonds. The molecule has 94 valence electrons. The summed E-state index contributed by atoms with van der Waals surface area (Å²) in [5, 5.41) is 0. The predicted molar refractivity (Wildman–Crippen MR) is 52.0 cm³/mol. The zero-order chi connectivity index (χ0) is 12.1. The Hall–Kier alpha value is -0.300. The molecule has 0 spiro atoms. The van der Waals surface area contributed by atoms with E-state index in [9.17, 15) is 21.6 Å². The van der Waals surface area contributed by atoms with E-state index in [1.54, 1.807) is 0 Å². The van der Waals surface area contributed by atoms with Crippen LogP contribution in [0.4, 0.5) is 13.2 Å². The number of rotatable bonds is 1. The van der Waals surface area contributed by atoms with Crippen LogP contribution in [0.25, 0.3) is 0 Å². The topological polar surface area (TPSA) is 37.4 Å². The molecule has 2 aliphatic heterocycles. The highest BCUT2D eigenvalue weighted by Gasteiger charge is 2.57. The number of hydrogen-bond acceptors (Lipinski definition) is 2. The maximum Gasteiger partial charge on any atom is 0.511 e. The molecule has 2 bridgehead atoms. The van der Waals surface area contributed by atoms with Gasteiger partial charge in [-0.3, -0.25) is 0 Å². The molecule has 0 saturated carbocycles. The largest absolute Gasteiger partial charge is 0.511 e. The van der Waals surface area contributed by atoms with Gasteiger partial charge in [0.25, 0.3) is 0 Å². The molecular formula is C9H14F3NO2S. The van der Waals surface area contributed by atoms with Crippen LogP contribution in [0.1, 0.15) is 32.6 Å². The second-order valence-corrected chi connectivity index (χ2v) is 6.58. The molecular weight excluding hydrogens is 243 g/mol. The molecule has 0 aromatic carbocycles. The number of hydrogen-bond donors (Lipinski definition) is 0. The molecule has 2 rings (SSSR count). The Balaban J connectivity index is 2.31. The summed E-state index contributed by atoms with van der Waals surface area (Å²) in [4.78, 5) is 0. The van der Waals surface area contributed by atoms with Crippen molar-refractivity contribution in [2.24, 2.45) is 5.92 Å². The summed E-state index contributed by atoms with van der Waals surface area (Å²) in [6.07, 6.45) is 2.21. The van der Waals surface area contributed by atoms with Crippen molar-refractivity contribution in [3.8, 4) is 0 Å². The first kappa shape index (κ1) is 12.2. The number of alkyl halides is 3. The van der Waals surface area contributed by atoms with Gasteiger partial charge in [-0.2, -0.15) is 17.5 Å². The van der Waals surface area contributed by atoms with Crippen LogP contribution in [-0.2, 0) is 10.0 Å². The summed E-state index contributed by atoms with van der Waals surface area (Å²) < 4.78 is 60.8. The highest BCUT2D eigenvalue weighted by atomic mass is 32.2. The highest BCUT2D eigenvalue weighted by Crippen LogP contribution is 2.43. The number of nitrogens with zero attached hydrogens (tertiary/aromatic N) is 1. The SMILES string of the molecule is CC1CC2CCC(C1)N2S(=O)(=O)C(F)(F)F. The van der Waals surface area contributed by atoms with Crippen LogP contribution in [0.15, 0.2) is 0 Å². The molecule has 0 radical (unpaired) electrons. The Kier molecular flexibility index (Phi) is 2.73. The third-order valence-corrected chi connectivity index (χ3v) is 5.21. The molecule has 2 aliphatic rings. The molecule has 0 aliphatic carbocycles. The number of sulfonamides is 1. The lowest BCUT2D eigenvalue weighted by Gasteiger charge is -2.36. The van der Waals surface area contributed by atoms with E-state index in [1.807, 2.05) is 6.92 Å². The van der Waals surface area contributed by atoms with Gasteiger partial charge in [0.05, 0.1) is 0 Å². The third kappa shape index (κ3) is 1.73. The van der Waals surface area contributed by atoms with E-state index in [0.29, 0.717) is 35.9 Å². The molecule has 0 aromatic heterocycles. The van der Waals surface area contributed by atoms with E-state index < -0.39 is 27.6 Å². The van der Waals surface area contributed by atoms with Crippen LogP contribution in [0, 0.1) is 5.92 Å². The van der Waals surface area contributed by atoms with Gasteiger partial charge in [0, 0.05) is 12.1 Å². The Bertz CT molecular complexity index is 365. The lowest BCUT2D eigenvalue weighted by Crippen LogP contribution is -2.50. The Morgan fingerprint density at radius 3 is 1.94 bits per heavy atom. The lowest BCUT2D eigenvalue weighted by molar-refractivity contribution is -0.0517. The maximum atomic E-state index is 12.5. The zero-order valence-electron chi connectivity index (χ0n) is 8.87. The molecule has 2 unspecified atom stereocenters. The molecule has 0 aromatic rings. The summed E-state index contributed by atoms with van der Waals surface area (Å²) in [7, 11) is -5.13. The van der Waals surface area contributed by atoms with Crippen LogP contribution in [0.2, 0.25) is 0 Å². The van der Waals surface area contributed by atoms with Gasteiger partial charge in [-0.15, -0.1) is 0 Å². The summed E-state index contributed by atoms with van der Waals surface area (Å²) in [5.41, 5.74) is -5.16. The van der Waals surface area contributed by atoms with Crippen molar-refractivity contribution in [1.82, 2.24) is 4.31 Å². The average molecular weight is 257 g/mol. The van der Waals surface area contributed by atoms with E-state index in [4.69, 9.17) is 0 Å². The van der Waals surface area contributed by atoms with Gasteiger partial charge in [-0.25, -0.2) is 8.42 Å². The van der Waals surface area contributed by atoms with E-state index in [0.717, 1.165) is 0 Å². The van der Waals surface area contributed by atoms with Crippen LogP contribution in [0.3, 0.4) is 0 Å². The lowest BCUT2D eigenvalue weighted by atomic mass is 9.94. The van der Waals surface area contributed by atoms with Gasteiger partial charge in [0.2, 0.25) is 0 Å². The molecule has 7 heteroatoms. The Morgan fingerprint density at radius 1 is 1.12 bits per heavy atom. The van der Waals surface area contributed by atoms with E-state index in [-0.39, 0.29) is 0 Å². The van der Waals surface area contributed by atoms with Crippen LogP contribution >= 0.6 is 0 Å². The van der Waals surface area contributed by atoms with Crippen LogP contribution in [0.5, 0.6) is 0 Å². The fraction of sp³-hybridized carbons (Fsp3) is 1.00. The van der Waals surface area contributed by atoms with Gasteiger partial charge in [-0.1, -0.05) is 6.92 Å². The van der Waals surface area contributed by atoms with Crippen LogP contribution < -0.4 is 0 Å². The number of halogens is 3. The Labute approximate surface area is 92.7 Å². The standard InChI is InChI=1S/C9H14F3NO2S/c1-6-4-7-2-3-8(5-6)13(7)16(14,15)9(10,11)12/h6-8H,2-5H2,1H3. The smallest absolute Gasteiger partial charge is 0.203 e. The highest BCUT2D eigenvalue weighted by molar-refractivity contribution is 7.90. The van der Waals surface area contributed by atoms with Crippen molar-refractivity contribution in [3.63, 3.8) is 0 Å². The van der Waals surface area contributed by atoms with Gasteiger partial charge in [-0.05, 0) is 31.6 Å². The fourth-order valence-corrected chi connectivity index (χ4v) is 4.33. The van der Waals surface area contributed by atoms with Crippen molar-refractivity contribution in [2.45, 2.75) is 50.2 Å². The molecule has 2 heterocycles. The van der Waals surface area contributed by atoms with E-state index in [1.165, 1.54) is 0 Å². The first-order valence-corrected chi connectivity index (χ1v) is 6.77. The summed E-state index contributed by atoms with van der Waals surface area (Å²) >= 11 is 0. The molecule has 0 N–H and O–H groups in total. The van der Waals surface area contributed by atoms with Crippen molar-refractivity contribution in [2.75, 3.05) is 0 Å². The van der Waals surface area contributed by atoms with Crippen molar-refractivity contribution >= 4 is 10.0 Å². The monoisotopic (exact) mass is 257 g/mol. The number of piperidine rings is 1. The van der Waals surface area contributed by atoms with Gasteiger partial charge < -0.3 is 0 Å². The first-order chi connectivity index (χ1) is 7.23. The maximum absolute atomic E-state index is 12.5. The van der Waals surface area contributed by atoms with E-state index in [2.05, 4.69) is 0 Å². The summed E-state index contributed by atoms with van der Waals surface area (Å²) in [6.45, 7) is 1.96. The van der Waals surface area contributed by atoms with Crippen LogP contribution in [-0.4, -0.2) is 30.3 Å². The minimum absolute atomic E-state index is 0.317. The predicted octanol–water partition coefficient (Wildman–Crippen LogP) is 2.10. The first-order valence-electron chi connectivity index (χ1n) is 5.33. The van der Waals surface area contributed by atoms with Crippen molar-refractivity contribution in [3.05, 3.63) is 0 Å². The summed E-state index contributed by atoms with van der Waals surface area (Å²) in [6, 6.07) is -0.888. The van der Waals surface area contributed by atoms with E-state index >= 15 is 0 Å². The normalized spacial score (nSPS) is 36.6.